The van der Waals surface area contributed by atoms with Gasteiger partial charge in [-0.05, 0) is 48.7 Å². The van der Waals surface area contributed by atoms with E-state index in [1.807, 2.05) is 0 Å². The van der Waals surface area contributed by atoms with Crippen molar-refractivity contribution in [2.24, 2.45) is 0 Å². The van der Waals surface area contributed by atoms with E-state index in [1.54, 1.807) is 24.3 Å². The summed E-state index contributed by atoms with van der Waals surface area (Å²) in [6, 6.07) is 10.0. The van der Waals surface area contributed by atoms with Gasteiger partial charge in [-0.1, -0.05) is 12.1 Å². The third kappa shape index (κ3) is 4.63. The molecule has 29 heavy (non-hydrogen) atoms. The van der Waals surface area contributed by atoms with Crippen molar-refractivity contribution in [3.05, 3.63) is 65.0 Å². The number of carbonyl (C=O) groups excluding carboxylic acids is 2. The predicted octanol–water partition coefficient (Wildman–Crippen LogP) is 1.90. The summed E-state index contributed by atoms with van der Waals surface area (Å²) in [6.07, 6.45) is 1.47. The fourth-order valence-electron chi connectivity index (χ4n) is 3.11. The molecule has 0 aromatic heterocycles. The van der Waals surface area contributed by atoms with E-state index < -0.39 is 26.6 Å². The molecule has 3 rings (SSSR count). The minimum Gasteiger partial charge on any atom is -0.355 e. The second-order valence-corrected chi connectivity index (χ2v) is 8.62. The van der Waals surface area contributed by atoms with Gasteiger partial charge in [-0.15, -0.1) is 0 Å². The Hall–Kier alpha value is -2.78. The molecule has 1 heterocycles. The van der Waals surface area contributed by atoms with E-state index in [1.165, 1.54) is 17.4 Å². The van der Waals surface area contributed by atoms with Crippen molar-refractivity contribution in [1.29, 1.82) is 0 Å². The van der Waals surface area contributed by atoms with Crippen molar-refractivity contribution in [3.8, 4) is 0 Å². The molecule has 0 unspecified atom stereocenters. The normalized spacial score (nSPS) is 14.6. The van der Waals surface area contributed by atoms with Gasteiger partial charge in [-0.2, -0.15) is 4.31 Å². The van der Waals surface area contributed by atoms with Crippen LogP contribution in [-0.4, -0.2) is 44.7 Å². The summed E-state index contributed by atoms with van der Waals surface area (Å²) in [5.41, 5.74) is 1.32. The van der Waals surface area contributed by atoms with E-state index in [0.717, 1.165) is 30.5 Å². The average Bonchev–Trinajstić information content (AvgIpc) is 3.28. The van der Waals surface area contributed by atoms with Gasteiger partial charge < -0.3 is 10.6 Å². The molecule has 0 aliphatic carbocycles. The lowest BCUT2D eigenvalue weighted by Gasteiger charge is -2.16. The van der Waals surface area contributed by atoms with Crippen molar-refractivity contribution in [1.82, 2.24) is 14.9 Å². The number of nitrogens with one attached hydrogen (secondary N) is 2. The Labute approximate surface area is 169 Å². The summed E-state index contributed by atoms with van der Waals surface area (Å²) in [4.78, 5) is 23.5. The van der Waals surface area contributed by atoms with Crippen LogP contribution >= 0.6 is 0 Å². The Kier molecular flexibility index (Phi) is 6.29. The lowest BCUT2D eigenvalue weighted by molar-refractivity contribution is 0.0945. The molecule has 2 aromatic carbocycles. The van der Waals surface area contributed by atoms with Crippen LogP contribution in [0.4, 0.5) is 4.39 Å². The maximum Gasteiger partial charge on any atom is 0.251 e. The molecule has 0 atom stereocenters. The topological polar surface area (TPSA) is 95.6 Å². The number of rotatable bonds is 6. The highest BCUT2D eigenvalue weighted by molar-refractivity contribution is 7.89. The first-order chi connectivity index (χ1) is 13.8. The number of sulfonamides is 1. The van der Waals surface area contributed by atoms with Crippen LogP contribution in [-0.2, 0) is 16.6 Å². The van der Waals surface area contributed by atoms with Gasteiger partial charge in [0.1, 0.15) is 10.7 Å². The number of benzene rings is 2. The molecule has 0 bridgehead atoms. The smallest absolute Gasteiger partial charge is 0.251 e. The zero-order valence-electron chi connectivity index (χ0n) is 15.9. The van der Waals surface area contributed by atoms with Crippen molar-refractivity contribution in [2.75, 3.05) is 20.1 Å². The van der Waals surface area contributed by atoms with Gasteiger partial charge in [0.15, 0.2) is 0 Å². The SMILES string of the molecule is CNC(=O)c1ccc(CNC(=O)c2ccc(F)c(S(=O)(=O)N3CCCC3)c2)cc1. The van der Waals surface area contributed by atoms with Gasteiger partial charge in [0.25, 0.3) is 11.8 Å². The summed E-state index contributed by atoms with van der Waals surface area (Å²) in [5, 5.41) is 5.20. The van der Waals surface area contributed by atoms with Crippen molar-refractivity contribution in [3.63, 3.8) is 0 Å². The van der Waals surface area contributed by atoms with Gasteiger partial charge in [-0.3, -0.25) is 9.59 Å². The van der Waals surface area contributed by atoms with Crippen LogP contribution < -0.4 is 10.6 Å². The minimum atomic E-state index is -3.97. The van der Waals surface area contributed by atoms with E-state index in [-0.39, 0.29) is 18.0 Å². The van der Waals surface area contributed by atoms with E-state index in [2.05, 4.69) is 10.6 Å². The summed E-state index contributed by atoms with van der Waals surface area (Å²) in [5.74, 6) is -1.60. The molecule has 9 heteroatoms. The van der Waals surface area contributed by atoms with Gasteiger partial charge in [0.05, 0.1) is 0 Å². The second kappa shape index (κ2) is 8.71. The first-order valence-electron chi connectivity index (χ1n) is 9.22. The fourth-order valence-corrected chi connectivity index (χ4v) is 4.72. The summed E-state index contributed by atoms with van der Waals surface area (Å²) in [7, 11) is -2.43. The second-order valence-electron chi connectivity index (χ2n) is 6.72. The third-order valence-corrected chi connectivity index (χ3v) is 6.69. The quantitative estimate of drug-likeness (QED) is 0.748. The summed E-state index contributed by atoms with van der Waals surface area (Å²) >= 11 is 0. The number of nitrogens with zero attached hydrogens (tertiary/aromatic N) is 1. The summed E-state index contributed by atoms with van der Waals surface area (Å²) in [6.45, 7) is 0.882. The third-order valence-electron chi connectivity index (χ3n) is 4.77. The molecular weight excluding hydrogens is 397 g/mol. The first kappa shape index (κ1) is 20.9. The number of amides is 2. The van der Waals surface area contributed by atoms with E-state index in [9.17, 15) is 22.4 Å². The van der Waals surface area contributed by atoms with Crippen LogP contribution in [0.3, 0.4) is 0 Å². The molecule has 2 amide bonds. The van der Waals surface area contributed by atoms with Crippen LogP contribution in [0.25, 0.3) is 0 Å². The van der Waals surface area contributed by atoms with Crippen LogP contribution in [0, 0.1) is 5.82 Å². The fraction of sp³-hybridized carbons (Fsp3) is 0.300. The van der Waals surface area contributed by atoms with Crippen molar-refractivity contribution >= 4 is 21.8 Å². The molecule has 0 saturated carbocycles. The van der Waals surface area contributed by atoms with Crippen LogP contribution in [0.1, 0.15) is 39.1 Å². The Balaban J connectivity index is 1.72. The van der Waals surface area contributed by atoms with E-state index in [4.69, 9.17) is 0 Å². The van der Waals surface area contributed by atoms with Crippen molar-refractivity contribution in [2.45, 2.75) is 24.3 Å². The van der Waals surface area contributed by atoms with E-state index in [0.29, 0.717) is 18.7 Å². The van der Waals surface area contributed by atoms with Gasteiger partial charge in [0.2, 0.25) is 10.0 Å². The Morgan fingerprint density at radius 2 is 1.62 bits per heavy atom. The highest BCUT2D eigenvalue weighted by Crippen LogP contribution is 2.24. The number of carbonyl (C=O) groups is 2. The molecule has 1 aliphatic heterocycles. The van der Waals surface area contributed by atoms with Crippen LogP contribution in [0.5, 0.6) is 0 Å². The Bertz CT molecular complexity index is 1020. The maximum absolute atomic E-state index is 14.2. The van der Waals surface area contributed by atoms with Gasteiger partial charge in [-0.25, -0.2) is 12.8 Å². The number of hydrogen-bond acceptors (Lipinski definition) is 4. The van der Waals surface area contributed by atoms with Crippen molar-refractivity contribution < 1.29 is 22.4 Å². The predicted molar refractivity (Wildman–Crippen MR) is 105 cm³/mol. The Morgan fingerprint density at radius 3 is 2.24 bits per heavy atom. The Morgan fingerprint density at radius 1 is 1.00 bits per heavy atom. The van der Waals surface area contributed by atoms with E-state index >= 15 is 0 Å². The zero-order chi connectivity index (χ0) is 21.0. The highest BCUT2D eigenvalue weighted by Gasteiger charge is 2.30. The number of halogens is 1. The zero-order valence-corrected chi connectivity index (χ0v) is 16.8. The molecule has 1 saturated heterocycles. The maximum atomic E-state index is 14.2. The lowest BCUT2D eigenvalue weighted by atomic mass is 10.1. The molecular formula is C20H22FN3O4S. The largest absolute Gasteiger partial charge is 0.355 e. The molecule has 2 N–H and O–H groups in total. The molecule has 1 fully saturated rings. The average molecular weight is 419 g/mol. The molecule has 7 nitrogen and oxygen atoms in total. The van der Waals surface area contributed by atoms with Crippen LogP contribution in [0.15, 0.2) is 47.4 Å². The molecule has 1 aliphatic rings. The van der Waals surface area contributed by atoms with Gasteiger partial charge in [0, 0.05) is 37.8 Å². The standard InChI is InChI=1S/C20H22FN3O4S/c1-22-19(25)15-6-4-14(5-7-15)13-23-20(26)16-8-9-17(21)18(12-16)29(27,28)24-10-2-3-11-24/h4-9,12H,2-3,10-11,13H2,1H3,(H,22,25)(H,23,26). The molecule has 0 spiro atoms. The minimum absolute atomic E-state index is 0.0613. The molecule has 0 radical (unpaired) electrons. The van der Waals surface area contributed by atoms with Crippen LogP contribution in [0.2, 0.25) is 0 Å². The first-order valence-corrected chi connectivity index (χ1v) is 10.7. The number of hydrogen-bond donors (Lipinski definition) is 2. The highest BCUT2D eigenvalue weighted by atomic mass is 32.2. The van der Waals surface area contributed by atoms with Gasteiger partial charge >= 0.3 is 0 Å². The molecule has 154 valence electrons. The lowest BCUT2D eigenvalue weighted by Crippen LogP contribution is -2.29. The molecule has 2 aromatic rings. The summed E-state index contributed by atoms with van der Waals surface area (Å²) < 4.78 is 40.7. The monoisotopic (exact) mass is 419 g/mol.